The second-order valence-corrected chi connectivity index (χ2v) is 7.03. The third-order valence-electron chi connectivity index (χ3n) is 2.44. The number of amides is 1. The molecule has 0 aliphatic heterocycles. The Morgan fingerprint density at radius 1 is 1.32 bits per heavy atom. The maximum atomic E-state index is 11.7. The van der Waals surface area contributed by atoms with Crippen LogP contribution in [0, 0.1) is 0 Å². The van der Waals surface area contributed by atoms with Gasteiger partial charge in [-0.2, -0.15) is 0 Å². The van der Waals surface area contributed by atoms with Gasteiger partial charge in [0.2, 0.25) is 5.91 Å². The van der Waals surface area contributed by atoms with Gasteiger partial charge >= 0.3 is 0 Å². The fourth-order valence-corrected chi connectivity index (χ4v) is 2.45. The Hall–Kier alpha value is -1.04. The molecule has 0 radical (unpaired) electrons. The van der Waals surface area contributed by atoms with E-state index in [0.717, 1.165) is 0 Å². The first kappa shape index (κ1) is 19.0. The fourth-order valence-electron chi connectivity index (χ4n) is 1.57. The molecule has 22 heavy (non-hydrogen) atoms. The lowest BCUT2D eigenvalue weighted by atomic mass is 10.1. The summed E-state index contributed by atoms with van der Waals surface area (Å²) in [4.78, 5) is 11.7. The highest BCUT2D eigenvalue weighted by molar-refractivity contribution is 7.80. The van der Waals surface area contributed by atoms with Crippen molar-refractivity contribution in [3.63, 3.8) is 0 Å². The quantitative estimate of drug-likeness (QED) is 0.615. The Morgan fingerprint density at radius 3 is 2.59 bits per heavy atom. The summed E-state index contributed by atoms with van der Waals surface area (Å²) >= 11 is 16.8. The molecule has 0 spiro atoms. The van der Waals surface area contributed by atoms with E-state index in [1.165, 1.54) is 0 Å². The molecular weight excluding hydrogens is 343 g/mol. The van der Waals surface area contributed by atoms with E-state index in [1.54, 1.807) is 18.2 Å². The van der Waals surface area contributed by atoms with Crippen LogP contribution in [0.4, 0.5) is 0 Å². The van der Waals surface area contributed by atoms with E-state index in [-0.39, 0.29) is 11.4 Å². The highest BCUT2D eigenvalue weighted by Crippen LogP contribution is 2.27. The number of thiocarbonyl (C=S) groups is 1. The number of ether oxygens (including phenoxy) is 1. The average Bonchev–Trinajstić information content (AvgIpc) is 2.34. The van der Waals surface area contributed by atoms with E-state index in [4.69, 9.17) is 40.2 Å². The summed E-state index contributed by atoms with van der Waals surface area (Å²) < 4.78 is 5.51. The van der Waals surface area contributed by atoms with Crippen molar-refractivity contribution < 1.29 is 9.53 Å². The third-order valence-corrected chi connectivity index (χ3v) is 3.18. The van der Waals surface area contributed by atoms with E-state index in [9.17, 15) is 4.79 Å². The normalized spacial score (nSPS) is 11.0. The summed E-state index contributed by atoms with van der Waals surface area (Å²) in [5.41, 5.74) is -0.182. The number of carbonyl (C=O) groups is 1. The lowest BCUT2D eigenvalue weighted by Crippen LogP contribution is -2.48. The van der Waals surface area contributed by atoms with Crippen molar-refractivity contribution in [2.24, 2.45) is 0 Å². The Kier molecular flexibility index (Phi) is 7.39. The smallest absolute Gasteiger partial charge is 0.226 e. The lowest BCUT2D eigenvalue weighted by molar-refractivity contribution is -0.119. The second kappa shape index (κ2) is 8.56. The van der Waals surface area contributed by atoms with Gasteiger partial charge in [-0.1, -0.05) is 23.2 Å². The molecule has 4 nitrogen and oxygen atoms in total. The molecule has 0 bridgehead atoms. The molecule has 0 unspecified atom stereocenters. The van der Waals surface area contributed by atoms with Gasteiger partial charge in [0, 0.05) is 17.0 Å². The van der Waals surface area contributed by atoms with Crippen molar-refractivity contribution >= 4 is 46.4 Å². The molecule has 7 heteroatoms. The summed E-state index contributed by atoms with van der Waals surface area (Å²) in [5.74, 6) is 0.406. The first-order chi connectivity index (χ1) is 10.2. The average molecular weight is 363 g/mol. The largest absolute Gasteiger partial charge is 0.492 e. The summed E-state index contributed by atoms with van der Waals surface area (Å²) in [5, 5.41) is 6.99. The van der Waals surface area contributed by atoms with Gasteiger partial charge in [0.05, 0.1) is 11.6 Å². The van der Waals surface area contributed by atoms with Gasteiger partial charge in [-0.3, -0.25) is 4.79 Å². The molecule has 0 saturated carbocycles. The highest BCUT2D eigenvalue weighted by Gasteiger charge is 2.12. The maximum Gasteiger partial charge on any atom is 0.226 e. The predicted molar refractivity (Wildman–Crippen MR) is 94.8 cm³/mol. The molecule has 1 aromatic rings. The van der Waals surface area contributed by atoms with Crippen LogP contribution in [0.15, 0.2) is 18.2 Å². The third kappa shape index (κ3) is 7.82. The second-order valence-electron chi connectivity index (χ2n) is 5.78. The molecule has 0 saturated heterocycles. The van der Waals surface area contributed by atoms with Crippen LogP contribution in [0.1, 0.15) is 33.6 Å². The van der Waals surface area contributed by atoms with Crippen molar-refractivity contribution in [1.82, 2.24) is 10.6 Å². The minimum Gasteiger partial charge on any atom is -0.492 e. The van der Waals surface area contributed by atoms with Gasteiger partial charge in [0.1, 0.15) is 5.75 Å². The number of hydrogen-bond donors (Lipinski definition) is 2. The summed E-state index contributed by atoms with van der Waals surface area (Å²) in [6, 6.07) is 5.01. The summed E-state index contributed by atoms with van der Waals surface area (Å²) in [7, 11) is 0. The molecule has 2 N–H and O–H groups in total. The van der Waals surface area contributed by atoms with E-state index >= 15 is 0 Å². The molecule has 0 aliphatic rings. The van der Waals surface area contributed by atoms with E-state index in [0.29, 0.717) is 40.4 Å². The van der Waals surface area contributed by atoms with E-state index in [2.05, 4.69) is 10.6 Å². The van der Waals surface area contributed by atoms with Crippen molar-refractivity contribution in [2.75, 3.05) is 6.61 Å². The van der Waals surface area contributed by atoms with E-state index in [1.807, 2.05) is 20.8 Å². The number of benzene rings is 1. The highest BCUT2D eigenvalue weighted by atomic mass is 35.5. The molecule has 0 atom stereocenters. The summed E-state index contributed by atoms with van der Waals surface area (Å²) in [6.45, 7) is 6.29. The van der Waals surface area contributed by atoms with Gasteiger partial charge in [-0.25, -0.2) is 0 Å². The molecule has 0 fully saturated rings. The zero-order valence-corrected chi connectivity index (χ0v) is 15.2. The maximum absolute atomic E-state index is 11.7. The molecule has 1 rings (SSSR count). The van der Waals surface area contributed by atoms with E-state index < -0.39 is 0 Å². The number of hydrogen-bond acceptors (Lipinski definition) is 3. The number of nitrogens with one attached hydrogen (secondary N) is 2. The first-order valence-corrected chi connectivity index (χ1v) is 8.03. The van der Waals surface area contributed by atoms with Gasteiger partial charge in [0.15, 0.2) is 5.11 Å². The molecule has 0 heterocycles. The molecule has 122 valence electrons. The Balaban J connectivity index is 2.26. The van der Waals surface area contributed by atoms with Crippen molar-refractivity contribution in [3.05, 3.63) is 28.2 Å². The van der Waals surface area contributed by atoms with Crippen molar-refractivity contribution in [1.29, 1.82) is 0 Å². The van der Waals surface area contributed by atoms with Crippen LogP contribution >= 0.6 is 35.4 Å². The number of rotatable bonds is 5. The van der Waals surface area contributed by atoms with Crippen LogP contribution in [0.3, 0.4) is 0 Å². The first-order valence-electron chi connectivity index (χ1n) is 6.87. The molecular formula is C15H20Cl2N2O2S. The zero-order chi connectivity index (χ0) is 16.8. The Bertz CT molecular complexity index is 545. The molecule has 0 aliphatic carbocycles. The molecule has 1 aromatic carbocycles. The van der Waals surface area contributed by atoms with Crippen LogP contribution in [0.25, 0.3) is 0 Å². The Morgan fingerprint density at radius 2 is 2.00 bits per heavy atom. The predicted octanol–water partition coefficient (Wildman–Crippen LogP) is 3.94. The topological polar surface area (TPSA) is 50.4 Å². The van der Waals surface area contributed by atoms with Crippen molar-refractivity contribution in [3.8, 4) is 5.75 Å². The Labute approximate surface area is 146 Å². The van der Waals surface area contributed by atoms with Crippen LogP contribution in [-0.4, -0.2) is 23.2 Å². The minimum absolute atomic E-state index is 0.146. The standard InChI is InChI=1S/C15H20Cl2N2O2S/c1-15(2,3)19-14(22)18-13(20)5-4-8-21-12-7-6-10(16)9-11(12)17/h6-7,9H,4-5,8H2,1-3H3,(H2,18,19,20,22). The monoisotopic (exact) mass is 362 g/mol. The number of carbonyl (C=O) groups excluding carboxylic acids is 1. The lowest BCUT2D eigenvalue weighted by Gasteiger charge is -2.22. The van der Waals surface area contributed by atoms with Crippen LogP contribution in [0.2, 0.25) is 10.0 Å². The van der Waals surface area contributed by atoms with Crippen LogP contribution in [-0.2, 0) is 4.79 Å². The van der Waals surface area contributed by atoms with Crippen LogP contribution in [0.5, 0.6) is 5.75 Å². The van der Waals surface area contributed by atoms with Gasteiger partial charge in [-0.05, 0) is 57.6 Å². The SMILES string of the molecule is CC(C)(C)NC(=S)NC(=O)CCCOc1ccc(Cl)cc1Cl. The molecule has 0 aromatic heterocycles. The molecule has 1 amide bonds. The van der Waals surface area contributed by atoms with Gasteiger partial charge in [0.25, 0.3) is 0 Å². The zero-order valence-electron chi connectivity index (χ0n) is 12.8. The minimum atomic E-state index is -0.182. The van der Waals surface area contributed by atoms with Crippen molar-refractivity contribution in [2.45, 2.75) is 39.2 Å². The fraction of sp³-hybridized carbons (Fsp3) is 0.467. The van der Waals surface area contributed by atoms with Crippen LogP contribution < -0.4 is 15.4 Å². The summed E-state index contributed by atoms with van der Waals surface area (Å²) in [6.07, 6.45) is 0.875. The van der Waals surface area contributed by atoms with Gasteiger partial charge < -0.3 is 15.4 Å². The van der Waals surface area contributed by atoms with Gasteiger partial charge in [-0.15, -0.1) is 0 Å². The number of halogens is 2.